The molecule has 0 aliphatic carbocycles. The molecule has 0 aromatic rings. The van der Waals surface area contributed by atoms with E-state index < -0.39 is 14.8 Å². The van der Waals surface area contributed by atoms with Crippen molar-refractivity contribution in [1.29, 1.82) is 5.26 Å². The fourth-order valence-electron chi connectivity index (χ4n) is 0. The van der Waals surface area contributed by atoms with E-state index >= 15 is 0 Å². The van der Waals surface area contributed by atoms with Crippen molar-refractivity contribution in [2.45, 2.75) is 0 Å². The Morgan fingerprint density at radius 2 is 1.00 bits per heavy atom. The summed E-state index contributed by atoms with van der Waals surface area (Å²) >= 11 is -6.06. The van der Waals surface area contributed by atoms with Crippen molar-refractivity contribution in [2.24, 2.45) is 0 Å². The average Bonchev–Trinajstić information content (AvgIpc) is 1.36. The van der Waals surface area contributed by atoms with E-state index in [0.717, 1.165) is 0 Å². The second kappa shape index (κ2) is 6.85. The van der Waals surface area contributed by atoms with Crippen molar-refractivity contribution in [1.82, 2.24) is 0 Å². The second-order valence-electron chi connectivity index (χ2n) is 0.354. The summed E-state index contributed by atoms with van der Waals surface area (Å²) in [4.78, 5) is 0. The van der Waals surface area contributed by atoms with Gasteiger partial charge < -0.3 is 11.8 Å². The molecule has 0 aliphatic rings. The van der Waals surface area contributed by atoms with Gasteiger partial charge in [-0.25, -0.2) is 0 Å². The number of rotatable bonds is 0. The molecular weight excluding hydrogens is 336 g/mol. The average molecular weight is 336 g/mol. The molecular formula is CFeNO4Os-. The maximum atomic E-state index is 8.63. The normalized spacial score (nSPS) is 7.25. The van der Waals surface area contributed by atoms with E-state index in [1.165, 1.54) is 0 Å². The van der Waals surface area contributed by atoms with Gasteiger partial charge in [0.25, 0.3) is 0 Å². The van der Waals surface area contributed by atoms with Crippen molar-refractivity contribution in [3.05, 3.63) is 6.57 Å². The van der Waals surface area contributed by atoms with E-state index in [1.54, 1.807) is 0 Å². The molecule has 8 heavy (non-hydrogen) atoms. The number of nitrogens with zero attached hydrogens (tertiary/aromatic N) is 1. The zero-order valence-electron chi connectivity index (χ0n) is 3.29. The van der Waals surface area contributed by atoms with Gasteiger partial charge in [-0.05, 0) is 0 Å². The molecule has 0 aromatic heterocycles. The van der Waals surface area contributed by atoms with E-state index in [4.69, 9.17) is 26.0 Å². The van der Waals surface area contributed by atoms with Crippen LogP contribution in [0.3, 0.4) is 0 Å². The van der Waals surface area contributed by atoms with Crippen molar-refractivity contribution in [2.75, 3.05) is 0 Å². The Morgan fingerprint density at radius 1 is 1.00 bits per heavy atom. The van der Waals surface area contributed by atoms with Gasteiger partial charge in [-0.1, -0.05) is 0 Å². The van der Waals surface area contributed by atoms with Gasteiger partial charge in [-0.2, -0.15) is 0 Å². The Bertz CT molecular complexity index is 200. The first-order valence-electron chi connectivity index (χ1n) is 0.801. The van der Waals surface area contributed by atoms with Crippen molar-refractivity contribution < 1.29 is 46.1 Å². The van der Waals surface area contributed by atoms with Crippen LogP contribution < -0.4 is 0 Å². The van der Waals surface area contributed by atoms with Gasteiger partial charge in [-0.3, -0.25) is 0 Å². The third-order valence-corrected chi connectivity index (χ3v) is 0. The summed E-state index contributed by atoms with van der Waals surface area (Å²) in [5, 5.41) is 6.25. The van der Waals surface area contributed by atoms with Crippen LogP contribution in [0.2, 0.25) is 0 Å². The van der Waals surface area contributed by atoms with E-state index in [9.17, 15) is 0 Å². The molecule has 0 aliphatic heterocycles. The molecule has 0 rings (SSSR count). The Morgan fingerprint density at radius 3 is 1.00 bits per heavy atom. The van der Waals surface area contributed by atoms with Crippen LogP contribution >= 0.6 is 0 Å². The molecule has 0 radical (unpaired) electrons. The van der Waals surface area contributed by atoms with E-state index in [2.05, 4.69) is 0 Å². The summed E-state index contributed by atoms with van der Waals surface area (Å²) in [6.45, 7) is 4.75. The third kappa shape index (κ3) is 5780. The van der Waals surface area contributed by atoms with E-state index in [1.807, 2.05) is 0 Å². The van der Waals surface area contributed by atoms with Gasteiger partial charge in [0.2, 0.25) is 0 Å². The second-order valence-corrected chi connectivity index (χ2v) is 2.89. The fraction of sp³-hybridized carbons (Fsp3) is 0. The molecule has 50 valence electrons. The molecule has 0 heterocycles. The SMILES string of the molecule is [C-]#N.[Fe].[O]=[Os](=[O])(=[O])=[O]. The van der Waals surface area contributed by atoms with Gasteiger partial charge in [0.15, 0.2) is 0 Å². The molecule has 0 atom stereocenters. The Kier molecular flexibility index (Phi) is 13.4. The van der Waals surface area contributed by atoms with E-state index in [-0.39, 0.29) is 17.1 Å². The zero-order valence-corrected chi connectivity index (χ0v) is 6.93. The Labute approximate surface area is 58.1 Å². The topological polar surface area (TPSA) is 92.1 Å². The van der Waals surface area contributed by atoms with Crippen LogP contribution in [0.4, 0.5) is 0 Å². The minimum atomic E-state index is -6.06. The molecule has 0 aromatic carbocycles. The quantitative estimate of drug-likeness (QED) is 0.444. The predicted molar refractivity (Wildman–Crippen MR) is 7.71 cm³/mol. The van der Waals surface area contributed by atoms with Crippen LogP contribution in [0.1, 0.15) is 0 Å². The first kappa shape index (κ1) is 15.7. The molecule has 0 saturated carbocycles. The summed E-state index contributed by atoms with van der Waals surface area (Å²) in [6.07, 6.45) is 0. The van der Waals surface area contributed by atoms with Gasteiger partial charge in [0.1, 0.15) is 0 Å². The molecule has 0 amide bonds. The summed E-state index contributed by atoms with van der Waals surface area (Å²) in [5.74, 6) is 0. The van der Waals surface area contributed by atoms with Crippen LogP contribution in [-0.4, -0.2) is 0 Å². The fourth-order valence-corrected chi connectivity index (χ4v) is 0. The van der Waals surface area contributed by atoms with Crippen molar-refractivity contribution >= 4 is 0 Å². The predicted octanol–water partition coefficient (Wildman–Crippen LogP) is -0.384. The van der Waals surface area contributed by atoms with Crippen molar-refractivity contribution in [3.8, 4) is 0 Å². The van der Waals surface area contributed by atoms with Gasteiger partial charge in [0.05, 0.1) is 0 Å². The van der Waals surface area contributed by atoms with Gasteiger partial charge in [0, 0.05) is 17.1 Å². The third-order valence-electron chi connectivity index (χ3n) is 0. The molecule has 7 heteroatoms. The monoisotopic (exact) mass is 338 g/mol. The van der Waals surface area contributed by atoms with Crippen LogP contribution in [0.25, 0.3) is 0 Å². The minimum absolute atomic E-state index is 0. The molecule has 5 nitrogen and oxygen atoms in total. The van der Waals surface area contributed by atoms with Gasteiger partial charge in [-0.15, -0.1) is 0 Å². The summed E-state index contributed by atoms with van der Waals surface area (Å²) in [5.41, 5.74) is 0. The van der Waals surface area contributed by atoms with Crippen molar-refractivity contribution in [3.63, 3.8) is 0 Å². The number of hydrogen-bond donors (Lipinski definition) is 0. The molecule has 0 N–H and O–H groups in total. The molecule has 0 saturated heterocycles. The Balaban J connectivity index is -0.0000000750. The first-order chi connectivity index (χ1) is 3.00. The summed E-state index contributed by atoms with van der Waals surface area (Å²) in [6, 6.07) is 0. The number of hydrogen-bond acceptors (Lipinski definition) is 5. The van der Waals surface area contributed by atoms with Crippen LogP contribution in [0, 0.1) is 11.8 Å². The molecule has 0 bridgehead atoms. The Hall–Kier alpha value is -0.154. The standard InChI is InChI=1S/CN.Fe.4O.Os/c1-2;;;;;;/q-1;;;;;;. The van der Waals surface area contributed by atoms with Gasteiger partial charge >= 0.3 is 29.0 Å². The molecule has 0 spiro atoms. The van der Waals surface area contributed by atoms with Crippen LogP contribution in [-0.2, 0) is 46.1 Å². The first-order valence-corrected chi connectivity index (χ1v) is 4.95. The van der Waals surface area contributed by atoms with Crippen LogP contribution in [0.15, 0.2) is 0 Å². The molecule has 0 unspecified atom stereocenters. The maximum absolute atomic E-state index is 8.63. The summed E-state index contributed by atoms with van der Waals surface area (Å²) < 4.78 is 34.5. The zero-order chi connectivity index (χ0) is 6.50. The van der Waals surface area contributed by atoms with Crippen LogP contribution in [0.5, 0.6) is 0 Å². The van der Waals surface area contributed by atoms with E-state index in [0.29, 0.717) is 0 Å². The summed E-state index contributed by atoms with van der Waals surface area (Å²) in [7, 11) is 0. The molecule has 0 fully saturated rings.